The Hall–Kier alpha value is -2.80. The Morgan fingerprint density at radius 1 is 1.27 bits per heavy atom. The van der Waals surface area contributed by atoms with Gasteiger partial charge in [0.05, 0.1) is 0 Å². The lowest BCUT2D eigenvalue weighted by Crippen LogP contribution is -2.24. The number of nitrogens with two attached hydrogens (primary N) is 2. The normalized spacial score (nSPS) is 10.2. The lowest BCUT2D eigenvalue weighted by atomic mass is 10.2. The highest BCUT2D eigenvalue weighted by molar-refractivity contribution is 6.02. The Balaban J connectivity index is 0.00000242. The Bertz CT molecular complexity index is 705. The summed E-state index contributed by atoms with van der Waals surface area (Å²) in [6.07, 6.45) is 3.71. The molecule has 1 aromatic carbocycles. The van der Waals surface area contributed by atoms with E-state index in [1.807, 2.05) is 29.0 Å². The molecule has 0 unspecified atom stereocenters. The summed E-state index contributed by atoms with van der Waals surface area (Å²) < 4.78 is 1.88. The molecule has 1 heterocycles. The number of nitrogens with zero attached hydrogens (tertiary/aromatic N) is 3. The van der Waals surface area contributed by atoms with Gasteiger partial charge in [0, 0.05) is 35.8 Å². The van der Waals surface area contributed by atoms with Crippen LogP contribution in [0.5, 0.6) is 0 Å². The van der Waals surface area contributed by atoms with Crippen LogP contribution < -0.4 is 11.5 Å². The van der Waals surface area contributed by atoms with Crippen molar-refractivity contribution >= 4 is 30.5 Å². The van der Waals surface area contributed by atoms with E-state index in [1.165, 1.54) is 6.21 Å². The predicted molar refractivity (Wildman–Crippen MR) is 87.1 cm³/mol. The molecule has 1 aromatic heterocycles. The summed E-state index contributed by atoms with van der Waals surface area (Å²) in [6, 6.07) is 10.7. The molecule has 0 spiro atoms. The zero-order valence-electron chi connectivity index (χ0n) is 11.6. The molecular formula is C14H16ClN5O2. The van der Waals surface area contributed by atoms with Gasteiger partial charge in [-0.3, -0.25) is 4.79 Å². The Kier molecular flexibility index (Phi) is 6.15. The smallest absolute Gasteiger partial charge is 0.280 e. The molecule has 1 amide bonds. The summed E-state index contributed by atoms with van der Waals surface area (Å²) in [6.45, 7) is 0. The van der Waals surface area contributed by atoms with E-state index in [0.717, 1.165) is 11.4 Å². The van der Waals surface area contributed by atoms with Crippen molar-refractivity contribution in [2.24, 2.45) is 21.6 Å². The molecule has 7 nitrogen and oxygen atoms in total. The molecule has 0 saturated carbocycles. The second kappa shape index (κ2) is 7.84. The summed E-state index contributed by atoms with van der Waals surface area (Å²) in [5.41, 5.74) is 12.5. The van der Waals surface area contributed by atoms with Crippen LogP contribution in [-0.2, 0) is 6.42 Å². The van der Waals surface area contributed by atoms with Gasteiger partial charge < -0.3 is 21.2 Å². The lowest BCUT2D eigenvalue weighted by Gasteiger charge is -2.08. The summed E-state index contributed by atoms with van der Waals surface area (Å²) >= 11 is 0. The van der Waals surface area contributed by atoms with Crippen LogP contribution in [0.25, 0.3) is 5.69 Å². The predicted octanol–water partition coefficient (Wildman–Crippen LogP) is 1.32. The van der Waals surface area contributed by atoms with Gasteiger partial charge in [0.15, 0.2) is 5.96 Å². The van der Waals surface area contributed by atoms with E-state index in [1.54, 1.807) is 18.2 Å². The molecule has 0 bridgehead atoms. The zero-order chi connectivity index (χ0) is 15.2. The maximum absolute atomic E-state index is 11.8. The minimum Gasteiger partial charge on any atom is -0.411 e. The van der Waals surface area contributed by atoms with Gasteiger partial charge in [-0.15, -0.1) is 17.6 Å². The molecular weight excluding hydrogens is 306 g/mol. The maximum atomic E-state index is 11.8. The van der Waals surface area contributed by atoms with E-state index >= 15 is 0 Å². The third kappa shape index (κ3) is 4.10. The average molecular weight is 322 g/mol. The van der Waals surface area contributed by atoms with Crippen molar-refractivity contribution in [1.82, 2.24) is 4.57 Å². The monoisotopic (exact) mass is 321 g/mol. The van der Waals surface area contributed by atoms with Crippen molar-refractivity contribution in [2.75, 3.05) is 0 Å². The van der Waals surface area contributed by atoms with Crippen LogP contribution in [0.3, 0.4) is 0 Å². The number of amides is 1. The van der Waals surface area contributed by atoms with Crippen LogP contribution in [0.4, 0.5) is 0 Å². The van der Waals surface area contributed by atoms with Gasteiger partial charge in [-0.25, -0.2) is 0 Å². The molecule has 0 aliphatic carbocycles. The van der Waals surface area contributed by atoms with Crippen molar-refractivity contribution in [1.29, 1.82) is 0 Å². The van der Waals surface area contributed by atoms with E-state index < -0.39 is 5.91 Å². The number of carbonyl (C=O) groups excluding carboxylic acids is 1. The van der Waals surface area contributed by atoms with E-state index in [4.69, 9.17) is 16.7 Å². The number of hydrogen-bond acceptors (Lipinski definition) is 3. The van der Waals surface area contributed by atoms with Gasteiger partial charge in [0.1, 0.15) is 0 Å². The fourth-order valence-corrected chi connectivity index (χ4v) is 1.94. The number of oxime groups is 1. The highest BCUT2D eigenvalue weighted by Crippen LogP contribution is 2.15. The van der Waals surface area contributed by atoms with Crippen molar-refractivity contribution in [3.8, 4) is 5.69 Å². The van der Waals surface area contributed by atoms with Gasteiger partial charge in [-0.2, -0.15) is 4.99 Å². The summed E-state index contributed by atoms with van der Waals surface area (Å²) in [5.74, 6) is -0.770. The van der Waals surface area contributed by atoms with Crippen LogP contribution >= 0.6 is 12.4 Å². The van der Waals surface area contributed by atoms with Crippen molar-refractivity contribution < 1.29 is 10.0 Å². The highest BCUT2D eigenvalue weighted by Gasteiger charge is 2.08. The molecule has 5 N–H and O–H groups in total. The summed E-state index contributed by atoms with van der Waals surface area (Å²) in [4.78, 5) is 15.3. The molecule has 116 valence electrons. The number of aromatic nitrogens is 1. The van der Waals surface area contributed by atoms with Crippen LogP contribution in [0.15, 0.2) is 52.7 Å². The lowest BCUT2D eigenvalue weighted by molar-refractivity contribution is 0.100. The third-order valence-electron chi connectivity index (χ3n) is 2.82. The van der Waals surface area contributed by atoms with E-state index in [2.05, 4.69) is 10.1 Å². The van der Waals surface area contributed by atoms with E-state index in [-0.39, 0.29) is 18.4 Å². The minimum absolute atomic E-state index is 0. The Labute approximate surface area is 133 Å². The number of carbonyl (C=O) groups is 1. The molecule has 0 atom stereocenters. The molecule has 0 aliphatic heterocycles. The average Bonchev–Trinajstić information content (AvgIpc) is 2.93. The minimum atomic E-state index is -0.498. The van der Waals surface area contributed by atoms with Crippen molar-refractivity contribution in [2.45, 2.75) is 6.42 Å². The highest BCUT2D eigenvalue weighted by atomic mass is 35.5. The first-order valence-electron chi connectivity index (χ1n) is 6.18. The molecule has 8 heteroatoms. The van der Waals surface area contributed by atoms with Gasteiger partial charge in [0.2, 0.25) is 0 Å². The van der Waals surface area contributed by atoms with Crippen LogP contribution in [0, 0.1) is 0 Å². The fraction of sp³-hybridized carbons (Fsp3) is 0.0714. The van der Waals surface area contributed by atoms with Crippen molar-refractivity contribution in [3.63, 3.8) is 0 Å². The van der Waals surface area contributed by atoms with Gasteiger partial charge >= 0.3 is 0 Å². The van der Waals surface area contributed by atoms with Crippen LogP contribution in [0.2, 0.25) is 0 Å². The largest absolute Gasteiger partial charge is 0.411 e. The standard InChI is InChI=1S/C14H15N5O2.ClH/c15-14(16)18-13(20)10-3-1-4-12(9-10)19-8-2-5-11(19)6-7-17-21;/h1-5,7-9,21H,6H2,(H4,15,16,18,20);1H/b17-7-;. The molecule has 2 rings (SSSR count). The van der Waals surface area contributed by atoms with Gasteiger partial charge in [-0.05, 0) is 30.3 Å². The first-order chi connectivity index (χ1) is 10.1. The van der Waals surface area contributed by atoms with E-state index in [9.17, 15) is 4.79 Å². The molecule has 0 saturated heterocycles. The number of guanidine groups is 1. The number of benzene rings is 1. The second-order valence-corrected chi connectivity index (χ2v) is 4.26. The Morgan fingerprint density at radius 2 is 2.05 bits per heavy atom. The maximum Gasteiger partial charge on any atom is 0.280 e. The van der Waals surface area contributed by atoms with Crippen molar-refractivity contribution in [3.05, 3.63) is 53.9 Å². The number of hydrogen-bond donors (Lipinski definition) is 3. The number of rotatable bonds is 4. The summed E-state index contributed by atoms with van der Waals surface area (Å²) in [7, 11) is 0. The zero-order valence-corrected chi connectivity index (χ0v) is 12.4. The number of halogens is 1. The van der Waals surface area contributed by atoms with Crippen LogP contribution in [-0.4, -0.2) is 27.9 Å². The van der Waals surface area contributed by atoms with Gasteiger partial charge in [0.25, 0.3) is 5.91 Å². The van der Waals surface area contributed by atoms with Crippen LogP contribution in [0.1, 0.15) is 16.1 Å². The van der Waals surface area contributed by atoms with E-state index in [0.29, 0.717) is 12.0 Å². The molecule has 0 aliphatic rings. The quantitative estimate of drug-likeness (QED) is 0.340. The fourth-order valence-electron chi connectivity index (χ4n) is 1.94. The molecule has 0 fully saturated rings. The molecule has 22 heavy (non-hydrogen) atoms. The number of aliphatic imine (C=N–C) groups is 1. The SMILES string of the molecule is Cl.NC(N)=NC(=O)c1cccc(-n2cccc2C/C=N\O)c1. The third-order valence-corrected chi connectivity index (χ3v) is 2.82. The van der Waals surface area contributed by atoms with Gasteiger partial charge in [-0.1, -0.05) is 6.07 Å². The molecule has 0 radical (unpaired) electrons. The second-order valence-electron chi connectivity index (χ2n) is 4.26. The topological polar surface area (TPSA) is 119 Å². The first kappa shape index (κ1) is 17.3. The molecule has 2 aromatic rings. The first-order valence-corrected chi connectivity index (χ1v) is 6.18. The summed E-state index contributed by atoms with van der Waals surface area (Å²) in [5, 5.41) is 11.5. The Morgan fingerprint density at radius 3 is 2.73 bits per heavy atom.